The molecule has 0 fully saturated rings. The third-order valence-electron chi connectivity index (χ3n) is 15.7. The zero-order valence-corrected chi connectivity index (χ0v) is 38.6. The van der Waals surface area contributed by atoms with E-state index in [1.807, 2.05) is 0 Å². The summed E-state index contributed by atoms with van der Waals surface area (Å²) < 4.78 is 9.98. The van der Waals surface area contributed by atoms with Crippen molar-refractivity contribution in [2.45, 2.75) is 12.0 Å². The normalized spacial score (nSPS) is 15.2. The van der Waals surface area contributed by atoms with E-state index in [4.69, 9.17) is 0 Å². The molecule has 0 radical (unpaired) electrons. The van der Waals surface area contributed by atoms with Gasteiger partial charge >= 0.3 is 0 Å². The van der Waals surface area contributed by atoms with E-state index in [0.29, 0.717) is 0 Å². The molecule has 10 aromatic carbocycles. The molecule has 332 valence electrons. The van der Waals surface area contributed by atoms with E-state index in [1.54, 1.807) is 0 Å². The summed E-state index contributed by atoms with van der Waals surface area (Å²) in [6.07, 6.45) is 4.83. The molecule has 1 aliphatic carbocycles. The number of aromatic nitrogens is 4. The van der Waals surface area contributed by atoms with E-state index >= 15 is 0 Å². The maximum absolute atomic E-state index is 2.58. The van der Waals surface area contributed by atoms with Crippen molar-refractivity contribution in [3.05, 3.63) is 259 Å². The van der Waals surface area contributed by atoms with Gasteiger partial charge in [0.15, 0.2) is 0 Å². The van der Waals surface area contributed by atoms with Gasteiger partial charge in [0, 0.05) is 83.1 Å². The minimum Gasteiger partial charge on any atom is -0.333 e. The Bertz CT molecular complexity index is 4530. The summed E-state index contributed by atoms with van der Waals surface area (Å²) in [4.78, 5) is 2.54. The van der Waals surface area contributed by atoms with Crippen molar-refractivity contribution in [1.29, 1.82) is 0 Å². The van der Waals surface area contributed by atoms with Crippen LogP contribution in [0.15, 0.2) is 243 Å². The number of benzene rings is 10. The number of hydrogen-bond donors (Lipinski definition) is 0. The highest BCUT2D eigenvalue weighted by Gasteiger charge is 2.43. The van der Waals surface area contributed by atoms with Crippen LogP contribution in [0.4, 0.5) is 11.4 Å². The van der Waals surface area contributed by atoms with Gasteiger partial charge in [0.25, 0.3) is 0 Å². The molecule has 2 aliphatic rings. The van der Waals surface area contributed by atoms with E-state index in [-0.39, 0.29) is 12.0 Å². The maximum atomic E-state index is 2.58. The summed E-state index contributed by atoms with van der Waals surface area (Å²) in [6.45, 7) is 0. The Labute approximate surface area is 409 Å². The third kappa shape index (κ3) is 5.29. The summed E-state index contributed by atoms with van der Waals surface area (Å²) in [5.41, 5.74) is 19.4. The van der Waals surface area contributed by atoms with Crippen LogP contribution in [0.5, 0.6) is 0 Å². The van der Waals surface area contributed by atoms with Crippen LogP contribution in [-0.4, -0.2) is 24.3 Å². The van der Waals surface area contributed by atoms with Crippen molar-refractivity contribution in [2.24, 2.45) is 0 Å². The maximum Gasteiger partial charge on any atom is 0.0650 e. The Morgan fingerprint density at radius 3 is 1.48 bits per heavy atom. The molecule has 0 amide bonds. The van der Waals surface area contributed by atoms with Crippen molar-refractivity contribution in [2.75, 3.05) is 4.90 Å². The van der Waals surface area contributed by atoms with Crippen molar-refractivity contribution >= 4 is 93.8 Å². The first kappa shape index (κ1) is 38.6. The lowest BCUT2D eigenvalue weighted by atomic mass is 9.84. The number of fused-ring (bicyclic) bond motifs is 17. The van der Waals surface area contributed by atoms with E-state index in [0.717, 1.165) is 22.7 Å². The fourth-order valence-electron chi connectivity index (χ4n) is 12.9. The molecule has 16 rings (SSSR count). The summed E-state index contributed by atoms with van der Waals surface area (Å²) in [5, 5.41) is 8.67. The molecule has 71 heavy (non-hydrogen) atoms. The van der Waals surface area contributed by atoms with Crippen LogP contribution in [0.3, 0.4) is 0 Å². The Morgan fingerprint density at radius 1 is 0.310 bits per heavy atom. The molecular formula is C66H43N5. The molecule has 4 aromatic heterocycles. The van der Waals surface area contributed by atoms with Crippen molar-refractivity contribution < 1.29 is 0 Å². The molecule has 0 saturated heterocycles. The summed E-state index contributed by atoms with van der Waals surface area (Å²) in [6, 6.07) is 87.5. The molecule has 5 heterocycles. The first-order valence-corrected chi connectivity index (χ1v) is 24.7. The highest BCUT2D eigenvalue weighted by molar-refractivity contribution is 6.26. The predicted molar refractivity (Wildman–Crippen MR) is 296 cm³/mol. The number of hydrogen-bond acceptors (Lipinski definition) is 1. The van der Waals surface area contributed by atoms with Gasteiger partial charge in [-0.2, -0.15) is 0 Å². The van der Waals surface area contributed by atoms with Crippen LogP contribution >= 0.6 is 0 Å². The van der Waals surface area contributed by atoms with Crippen LogP contribution < -0.4 is 4.90 Å². The number of para-hydroxylation sites is 7. The second kappa shape index (κ2) is 14.6. The highest BCUT2D eigenvalue weighted by atomic mass is 15.2. The van der Waals surface area contributed by atoms with Gasteiger partial charge < -0.3 is 23.2 Å². The second-order valence-electron chi connectivity index (χ2n) is 19.2. The zero-order valence-electron chi connectivity index (χ0n) is 38.6. The van der Waals surface area contributed by atoms with Crippen LogP contribution in [0.25, 0.3) is 105 Å². The van der Waals surface area contributed by atoms with Crippen molar-refractivity contribution in [1.82, 2.24) is 18.3 Å². The highest BCUT2D eigenvalue weighted by Crippen LogP contribution is 2.54. The molecule has 5 nitrogen and oxygen atoms in total. The van der Waals surface area contributed by atoms with Gasteiger partial charge in [0.1, 0.15) is 0 Å². The monoisotopic (exact) mass is 905 g/mol. The van der Waals surface area contributed by atoms with Gasteiger partial charge in [-0.15, -0.1) is 0 Å². The first-order valence-electron chi connectivity index (χ1n) is 24.7. The number of rotatable bonds is 5. The molecule has 0 N–H and O–H groups in total. The molecule has 5 heteroatoms. The van der Waals surface area contributed by atoms with Gasteiger partial charge in [-0.25, -0.2) is 0 Å². The Balaban J connectivity index is 0.973. The lowest BCUT2D eigenvalue weighted by Crippen LogP contribution is -2.31. The Hall–Kier alpha value is -9.32. The number of nitrogens with zero attached hydrogens (tertiary/aromatic N) is 5. The lowest BCUT2D eigenvalue weighted by molar-refractivity contribution is 0.693. The molecule has 0 bridgehead atoms. The topological polar surface area (TPSA) is 23.0 Å². The summed E-state index contributed by atoms with van der Waals surface area (Å²) in [7, 11) is 0. The van der Waals surface area contributed by atoms with Gasteiger partial charge in [0.05, 0.1) is 50.6 Å². The standard InChI is InChI=1S/C66H43N5/c1-4-18-42(19-5-1)67-59-36-32-45(70-55-28-14-10-24-47(55)49-34-38-61-63(65(49)70)51-26-12-16-30-57(51)68(61)43-20-6-2-7-21-43)40-53(59)54-41-46(33-37-60(54)67)71-56-29-15-11-25-48(56)50-35-39-62-64(66(50)71)52-27-13-17-31-58(52)69(62)44-22-8-3-9-23-44/h1-41,61,63H. The van der Waals surface area contributed by atoms with Crippen molar-refractivity contribution in [3.8, 4) is 22.7 Å². The van der Waals surface area contributed by atoms with E-state index in [2.05, 4.69) is 272 Å². The van der Waals surface area contributed by atoms with Crippen LogP contribution in [0, 0.1) is 0 Å². The lowest BCUT2D eigenvalue weighted by Gasteiger charge is -2.31. The SMILES string of the molecule is C1=CC2C(c3ccccc3N2c2ccccc2)c2c1c1ccccc1n2-c1ccc2c(c1)c1cc(-n3c4ccccc4c4ccc5c(c6ccccc6n5-c5ccccc5)c43)ccc1n2-c1ccccc1. The van der Waals surface area contributed by atoms with E-state index in [9.17, 15) is 0 Å². The molecule has 0 spiro atoms. The zero-order chi connectivity index (χ0) is 46.3. The fraction of sp³-hybridized carbons (Fsp3) is 0.0303. The minimum atomic E-state index is 0.117. The molecule has 0 saturated carbocycles. The molecular weight excluding hydrogens is 863 g/mol. The van der Waals surface area contributed by atoms with E-state index < -0.39 is 0 Å². The Kier molecular flexibility index (Phi) is 7.94. The van der Waals surface area contributed by atoms with Gasteiger partial charge in [-0.05, 0) is 109 Å². The van der Waals surface area contributed by atoms with Crippen LogP contribution in [-0.2, 0) is 0 Å². The quantitative estimate of drug-likeness (QED) is 0.169. The van der Waals surface area contributed by atoms with Gasteiger partial charge in [0.2, 0.25) is 0 Å². The third-order valence-corrected chi connectivity index (χ3v) is 15.7. The average molecular weight is 906 g/mol. The Morgan fingerprint density at radius 2 is 0.803 bits per heavy atom. The summed E-state index contributed by atoms with van der Waals surface area (Å²) >= 11 is 0. The average Bonchev–Trinajstić information content (AvgIpc) is 4.23. The van der Waals surface area contributed by atoms with Crippen LogP contribution in [0.2, 0.25) is 0 Å². The smallest absolute Gasteiger partial charge is 0.0650 e. The predicted octanol–water partition coefficient (Wildman–Crippen LogP) is 16.6. The fourth-order valence-corrected chi connectivity index (χ4v) is 12.9. The molecule has 2 atom stereocenters. The summed E-state index contributed by atoms with van der Waals surface area (Å²) in [5.74, 6) is 0.117. The first-order chi connectivity index (χ1) is 35.3. The van der Waals surface area contributed by atoms with E-state index in [1.165, 1.54) is 105 Å². The minimum absolute atomic E-state index is 0.117. The van der Waals surface area contributed by atoms with Crippen molar-refractivity contribution in [3.63, 3.8) is 0 Å². The largest absolute Gasteiger partial charge is 0.333 e. The van der Waals surface area contributed by atoms with Gasteiger partial charge in [-0.3, -0.25) is 0 Å². The molecule has 14 aromatic rings. The van der Waals surface area contributed by atoms with Crippen LogP contribution in [0.1, 0.15) is 22.7 Å². The molecule has 2 unspecified atom stereocenters. The second-order valence-corrected chi connectivity index (χ2v) is 19.2. The van der Waals surface area contributed by atoms with Gasteiger partial charge in [-0.1, -0.05) is 146 Å². The molecule has 1 aliphatic heterocycles. The number of anilines is 2.